The summed E-state index contributed by atoms with van der Waals surface area (Å²) >= 11 is 0. The standard InChI is InChI=1S/C22H20N2O3/c25-21-11-12-24-13-18(27-22(24)23-21)14-26-17-9-7-16(8-10-17)20-6-2-4-15-3-1-5-19(15)20/h2,4,6-12,18H,1,3,5,13-14H2. The second-order valence-electron chi connectivity index (χ2n) is 7.07. The van der Waals surface area contributed by atoms with Crippen LogP contribution in [0.1, 0.15) is 17.5 Å². The first kappa shape index (κ1) is 16.1. The molecule has 0 fully saturated rings. The molecular formula is C22H20N2O3. The fourth-order valence-electron chi connectivity index (χ4n) is 3.95. The summed E-state index contributed by atoms with van der Waals surface area (Å²) in [5.74, 6) is 0.813. The minimum atomic E-state index is -0.286. The molecule has 1 aromatic heterocycles. The molecule has 2 aromatic carbocycles. The van der Waals surface area contributed by atoms with E-state index in [0.29, 0.717) is 19.2 Å². The predicted molar refractivity (Wildman–Crippen MR) is 102 cm³/mol. The van der Waals surface area contributed by atoms with Gasteiger partial charge < -0.3 is 9.47 Å². The van der Waals surface area contributed by atoms with Crippen LogP contribution in [-0.4, -0.2) is 22.3 Å². The zero-order valence-electron chi connectivity index (χ0n) is 14.9. The predicted octanol–water partition coefficient (Wildman–Crippen LogP) is 3.24. The van der Waals surface area contributed by atoms with Gasteiger partial charge in [0.05, 0.1) is 6.54 Å². The summed E-state index contributed by atoms with van der Waals surface area (Å²) in [5.41, 5.74) is 5.25. The maximum atomic E-state index is 11.3. The average Bonchev–Trinajstić information content (AvgIpc) is 3.32. The van der Waals surface area contributed by atoms with Gasteiger partial charge >= 0.3 is 0 Å². The van der Waals surface area contributed by atoms with Crippen molar-refractivity contribution in [2.45, 2.75) is 31.9 Å². The smallest absolute Gasteiger partial charge is 0.300 e. The average molecular weight is 360 g/mol. The van der Waals surface area contributed by atoms with E-state index in [4.69, 9.17) is 9.47 Å². The number of ether oxygens (including phenoxy) is 2. The number of hydrogen-bond acceptors (Lipinski definition) is 4. The topological polar surface area (TPSA) is 53.4 Å². The van der Waals surface area contributed by atoms with E-state index in [-0.39, 0.29) is 11.7 Å². The molecule has 0 saturated carbocycles. The van der Waals surface area contributed by atoms with Gasteiger partial charge in [0, 0.05) is 12.3 Å². The molecule has 3 aromatic rings. The molecule has 1 atom stereocenters. The second kappa shape index (κ2) is 6.58. The molecule has 0 spiro atoms. The quantitative estimate of drug-likeness (QED) is 0.717. The van der Waals surface area contributed by atoms with Gasteiger partial charge in [0.25, 0.3) is 11.6 Å². The third kappa shape index (κ3) is 3.10. The highest BCUT2D eigenvalue weighted by Gasteiger charge is 2.23. The Morgan fingerprint density at radius 3 is 2.89 bits per heavy atom. The molecule has 1 unspecified atom stereocenters. The van der Waals surface area contributed by atoms with E-state index < -0.39 is 0 Å². The van der Waals surface area contributed by atoms with Crippen LogP contribution in [0.5, 0.6) is 11.8 Å². The first-order chi connectivity index (χ1) is 13.3. The largest absolute Gasteiger partial charge is 0.490 e. The highest BCUT2D eigenvalue weighted by molar-refractivity contribution is 5.70. The van der Waals surface area contributed by atoms with Crippen molar-refractivity contribution in [3.05, 3.63) is 76.2 Å². The van der Waals surface area contributed by atoms with Crippen LogP contribution >= 0.6 is 0 Å². The molecule has 27 heavy (non-hydrogen) atoms. The van der Waals surface area contributed by atoms with E-state index in [1.54, 1.807) is 6.20 Å². The molecule has 0 amide bonds. The summed E-state index contributed by atoms with van der Waals surface area (Å²) in [6.07, 6.45) is 5.17. The number of benzene rings is 2. The lowest BCUT2D eigenvalue weighted by atomic mass is 9.97. The molecule has 1 aliphatic heterocycles. The van der Waals surface area contributed by atoms with Crippen molar-refractivity contribution < 1.29 is 9.47 Å². The van der Waals surface area contributed by atoms with Crippen LogP contribution in [-0.2, 0) is 19.4 Å². The summed E-state index contributed by atoms with van der Waals surface area (Å²) in [6.45, 7) is 1.05. The van der Waals surface area contributed by atoms with Crippen LogP contribution in [0, 0.1) is 0 Å². The molecule has 136 valence electrons. The molecule has 0 bridgehead atoms. The van der Waals surface area contributed by atoms with Gasteiger partial charge in [-0.2, -0.15) is 4.98 Å². The molecule has 0 saturated heterocycles. The lowest BCUT2D eigenvalue weighted by Crippen LogP contribution is -2.23. The van der Waals surface area contributed by atoms with Gasteiger partial charge in [-0.3, -0.25) is 9.36 Å². The Balaban J connectivity index is 1.26. The molecule has 5 rings (SSSR count). The summed E-state index contributed by atoms with van der Waals surface area (Å²) in [7, 11) is 0. The lowest BCUT2D eigenvalue weighted by molar-refractivity contribution is 0.143. The van der Waals surface area contributed by atoms with Gasteiger partial charge in [-0.05, 0) is 53.6 Å². The fraction of sp³-hybridized carbons (Fsp3) is 0.273. The Bertz CT molecular complexity index is 1040. The Hall–Kier alpha value is -3.08. The van der Waals surface area contributed by atoms with Gasteiger partial charge in [-0.15, -0.1) is 0 Å². The van der Waals surface area contributed by atoms with Gasteiger partial charge in [0.1, 0.15) is 12.4 Å². The third-order valence-electron chi connectivity index (χ3n) is 5.27. The van der Waals surface area contributed by atoms with Gasteiger partial charge in [0.2, 0.25) is 0 Å². The van der Waals surface area contributed by atoms with Crippen molar-refractivity contribution in [1.82, 2.24) is 9.55 Å². The SMILES string of the molecule is O=c1ccn2c(n1)OC(COc1ccc(-c3cccc4c3CCC4)cc1)C2. The number of aryl methyl sites for hydroxylation is 1. The summed E-state index contributed by atoms with van der Waals surface area (Å²) < 4.78 is 13.4. The number of nitrogens with zero attached hydrogens (tertiary/aromatic N) is 2. The lowest BCUT2D eigenvalue weighted by Gasteiger charge is -2.12. The molecule has 1 aliphatic carbocycles. The Morgan fingerprint density at radius 2 is 2.00 bits per heavy atom. The van der Waals surface area contributed by atoms with Crippen molar-refractivity contribution in [3.63, 3.8) is 0 Å². The van der Waals surface area contributed by atoms with E-state index in [2.05, 4.69) is 35.3 Å². The summed E-state index contributed by atoms with van der Waals surface area (Å²) in [5, 5.41) is 0. The van der Waals surface area contributed by atoms with Crippen LogP contribution in [0.25, 0.3) is 11.1 Å². The number of aromatic nitrogens is 2. The molecule has 0 radical (unpaired) electrons. The van der Waals surface area contributed by atoms with E-state index in [1.807, 2.05) is 16.7 Å². The Kier molecular flexibility index (Phi) is 3.93. The number of hydrogen-bond donors (Lipinski definition) is 0. The Labute approximate surface area is 157 Å². The van der Waals surface area contributed by atoms with Crippen molar-refractivity contribution in [1.29, 1.82) is 0 Å². The monoisotopic (exact) mass is 360 g/mol. The first-order valence-corrected chi connectivity index (χ1v) is 9.34. The molecule has 5 nitrogen and oxygen atoms in total. The Morgan fingerprint density at radius 1 is 1.11 bits per heavy atom. The number of rotatable bonds is 4. The molecule has 2 heterocycles. The zero-order chi connectivity index (χ0) is 18.2. The molecule has 0 N–H and O–H groups in total. The molecular weight excluding hydrogens is 340 g/mol. The third-order valence-corrected chi connectivity index (χ3v) is 5.27. The minimum Gasteiger partial charge on any atom is -0.490 e. The van der Waals surface area contributed by atoms with E-state index >= 15 is 0 Å². The van der Waals surface area contributed by atoms with Crippen LogP contribution in [0.4, 0.5) is 0 Å². The normalized spacial score (nSPS) is 17.3. The van der Waals surface area contributed by atoms with Crippen molar-refractivity contribution >= 4 is 0 Å². The van der Waals surface area contributed by atoms with Crippen molar-refractivity contribution in [2.75, 3.05) is 6.61 Å². The molecule has 2 aliphatic rings. The van der Waals surface area contributed by atoms with Gasteiger partial charge in [-0.1, -0.05) is 30.3 Å². The zero-order valence-corrected chi connectivity index (χ0v) is 14.9. The fourth-order valence-corrected chi connectivity index (χ4v) is 3.95. The second-order valence-corrected chi connectivity index (χ2v) is 7.07. The van der Waals surface area contributed by atoms with E-state index in [0.717, 1.165) is 5.75 Å². The highest BCUT2D eigenvalue weighted by atomic mass is 16.6. The van der Waals surface area contributed by atoms with Gasteiger partial charge in [0.15, 0.2) is 6.10 Å². The number of fused-ring (bicyclic) bond motifs is 2. The maximum absolute atomic E-state index is 11.3. The van der Waals surface area contributed by atoms with E-state index in [9.17, 15) is 4.79 Å². The van der Waals surface area contributed by atoms with Crippen LogP contribution < -0.4 is 15.0 Å². The highest BCUT2D eigenvalue weighted by Crippen LogP contribution is 2.33. The first-order valence-electron chi connectivity index (χ1n) is 9.34. The van der Waals surface area contributed by atoms with Crippen LogP contribution in [0.2, 0.25) is 0 Å². The van der Waals surface area contributed by atoms with Gasteiger partial charge in [-0.25, -0.2) is 0 Å². The summed E-state index contributed by atoms with van der Waals surface area (Å²) in [6, 6.07) is 16.7. The summed E-state index contributed by atoms with van der Waals surface area (Å²) in [4.78, 5) is 15.2. The van der Waals surface area contributed by atoms with Crippen molar-refractivity contribution in [2.24, 2.45) is 0 Å². The van der Waals surface area contributed by atoms with Crippen LogP contribution in [0.15, 0.2) is 59.5 Å². The minimum absolute atomic E-state index is 0.142. The molecule has 5 heteroatoms. The van der Waals surface area contributed by atoms with Crippen molar-refractivity contribution in [3.8, 4) is 22.9 Å². The van der Waals surface area contributed by atoms with Crippen LogP contribution in [0.3, 0.4) is 0 Å². The van der Waals surface area contributed by atoms with E-state index in [1.165, 1.54) is 47.6 Å². The maximum Gasteiger partial charge on any atom is 0.300 e.